The van der Waals surface area contributed by atoms with Crippen LogP contribution in [0.15, 0.2) is 140 Å². The van der Waals surface area contributed by atoms with E-state index in [1.165, 1.54) is 4.90 Å². The highest BCUT2D eigenvalue weighted by Gasteiger charge is 2.41. The molecule has 6 aromatic carbocycles. The summed E-state index contributed by atoms with van der Waals surface area (Å²) < 4.78 is 1.96. The van der Waals surface area contributed by atoms with Gasteiger partial charge in [0.25, 0.3) is 11.8 Å². The van der Waals surface area contributed by atoms with Gasteiger partial charge in [-0.05, 0) is 35.4 Å². The molecule has 206 valence electrons. The molecule has 0 atom stereocenters. The van der Waals surface area contributed by atoms with Crippen molar-refractivity contribution in [2.24, 2.45) is 0 Å². The van der Waals surface area contributed by atoms with Crippen LogP contribution in [0.25, 0.3) is 49.7 Å². The number of nitriles is 1. The fourth-order valence-electron chi connectivity index (χ4n) is 6.50. The fraction of sp³-hybridized carbons (Fsp3) is 0. The number of benzene rings is 6. The summed E-state index contributed by atoms with van der Waals surface area (Å²) >= 11 is 0. The summed E-state index contributed by atoms with van der Waals surface area (Å²) in [7, 11) is 0. The van der Waals surface area contributed by atoms with Gasteiger partial charge < -0.3 is 4.57 Å². The Morgan fingerprint density at radius 3 is 1.77 bits per heavy atom. The lowest BCUT2D eigenvalue weighted by Gasteiger charge is -2.23. The number of nitrogens with zero attached hydrogens (tertiary/aromatic N) is 3. The highest BCUT2D eigenvalue weighted by Crippen LogP contribution is 2.44. The molecule has 0 saturated heterocycles. The van der Waals surface area contributed by atoms with Crippen LogP contribution in [0.2, 0.25) is 0 Å². The van der Waals surface area contributed by atoms with E-state index in [0.717, 1.165) is 38.5 Å². The highest BCUT2D eigenvalue weighted by molar-refractivity contribution is 6.37. The van der Waals surface area contributed by atoms with Gasteiger partial charge in [0.15, 0.2) is 0 Å². The average Bonchev–Trinajstić information content (AvgIpc) is 3.56. The first-order valence-corrected chi connectivity index (χ1v) is 14.4. The van der Waals surface area contributed by atoms with Crippen LogP contribution in [0.3, 0.4) is 0 Å². The van der Waals surface area contributed by atoms with Crippen LogP contribution in [0.5, 0.6) is 0 Å². The normalized spacial score (nSPS) is 12.6. The second-order valence-corrected chi connectivity index (χ2v) is 10.7. The van der Waals surface area contributed by atoms with Crippen LogP contribution in [0.4, 0.5) is 5.69 Å². The molecule has 8 rings (SSSR count). The van der Waals surface area contributed by atoms with Gasteiger partial charge in [-0.15, -0.1) is 0 Å². The minimum atomic E-state index is -0.401. The van der Waals surface area contributed by atoms with E-state index in [2.05, 4.69) is 6.07 Å². The van der Waals surface area contributed by atoms with E-state index in [9.17, 15) is 14.9 Å². The second-order valence-electron chi connectivity index (χ2n) is 10.7. The van der Waals surface area contributed by atoms with Gasteiger partial charge in [0, 0.05) is 21.9 Å². The molecule has 0 N–H and O–H groups in total. The molecular weight excluding hydrogens is 542 g/mol. The van der Waals surface area contributed by atoms with Crippen LogP contribution in [-0.4, -0.2) is 16.4 Å². The predicted octanol–water partition coefficient (Wildman–Crippen LogP) is 8.79. The van der Waals surface area contributed by atoms with Crippen LogP contribution >= 0.6 is 0 Å². The van der Waals surface area contributed by atoms with E-state index in [1.807, 2.05) is 126 Å². The number of anilines is 1. The molecule has 0 fully saturated rings. The number of fused-ring (bicyclic) bond motifs is 4. The second kappa shape index (κ2) is 9.94. The summed E-state index contributed by atoms with van der Waals surface area (Å²) in [5.74, 6) is -0.782. The number of amides is 2. The van der Waals surface area contributed by atoms with Gasteiger partial charge in [-0.1, -0.05) is 115 Å². The maximum absolute atomic E-state index is 14.7. The van der Waals surface area contributed by atoms with E-state index in [4.69, 9.17) is 0 Å². The standard InChI is InChI=1S/C39H23N3O2/c40-24-27-16-9-20-31-30-17-7-8-22-33(30)41(36(27)31)34-23-11-21-32-35(34)39(44)42(38(32)43)37-28(25-12-3-1-4-13-25)18-10-19-29(37)26-14-5-2-6-15-26/h1-23H. The van der Waals surface area contributed by atoms with Crippen molar-refractivity contribution in [1.29, 1.82) is 5.26 Å². The number of carbonyl (C=O) groups excluding carboxylic acids is 2. The maximum Gasteiger partial charge on any atom is 0.268 e. The van der Waals surface area contributed by atoms with Crippen molar-refractivity contribution in [2.75, 3.05) is 4.90 Å². The zero-order valence-electron chi connectivity index (χ0n) is 23.4. The molecule has 0 saturated carbocycles. The SMILES string of the molecule is N#Cc1cccc2c3ccccc3n(-c3cccc4c3C(=O)N(c3c(-c5ccccc5)cccc3-c3ccccc3)C4=O)c12. The van der Waals surface area contributed by atoms with Crippen LogP contribution in [0.1, 0.15) is 26.3 Å². The van der Waals surface area contributed by atoms with Gasteiger partial charge in [0.05, 0.1) is 39.1 Å². The number of aromatic nitrogens is 1. The number of carbonyl (C=O) groups is 2. The molecule has 44 heavy (non-hydrogen) atoms. The number of para-hydroxylation sites is 3. The molecule has 2 heterocycles. The maximum atomic E-state index is 14.7. The molecule has 0 aliphatic carbocycles. The van der Waals surface area contributed by atoms with Crippen molar-refractivity contribution < 1.29 is 9.59 Å². The smallest absolute Gasteiger partial charge is 0.268 e. The third-order valence-corrected chi connectivity index (χ3v) is 8.38. The van der Waals surface area contributed by atoms with Gasteiger partial charge in [-0.3, -0.25) is 9.59 Å². The van der Waals surface area contributed by atoms with E-state index in [1.54, 1.807) is 18.2 Å². The van der Waals surface area contributed by atoms with Gasteiger partial charge in [-0.2, -0.15) is 5.26 Å². The first-order chi connectivity index (χ1) is 21.7. The van der Waals surface area contributed by atoms with Crippen molar-refractivity contribution >= 4 is 39.3 Å². The molecule has 2 amide bonds. The molecule has 1 aliphatic rings. The summed E-state index contributed by atoms with van der Waals surface area (Å²) in [6, 6.07) is 46.7. The summed E-state index contributed by atoms with van der Waals surface area (Å²) in [5.41, 5.74) is 7.17. The van der Waals surface area contributed by atoms with Crippen LogP contribution in [-0.2, 0) is 0 Å². The van der Waals surface area contributed by atoms with E-state index < -0.39 is 5.91 Å². The summed E-state index contributed by atoms with van der Waals surface area (Å²) in [5, 5.41) is 12.0. The van der Waals surface area contributed by atoms with Crippen molar-refractivity contribution in [1.82, 2.24) is 4.57 Å². The number of hydrogen-bond acceptors (Lipinski definition) is 3. The first kappa shape index (κ1) is 25.5. The predicted molar refractivity (Wildman–Crippen MR) is 174 cm³/mol. The number of rotatable bonds is 4. The van der Waals surface area contributed by atoms with Gasteiger partial charge in [0.2, 0.25) is 0 Å². The zero-order chi connectivity index (χ0) is 29.8. The molecule has 0 bridgehead atoms. The molecule has 0 radical (unpaired) electrons. The lowest BCUT2D eigenvalue weighted by atomic mass is 9.95. The Morgan fingerprint density at radius 1 is 0.523 bits per heavy atom. The van der Waals surface area contributed by atoms with Crippen molar-refractivity contribution in [3.8, 4) is 34.0 Å². The minimum Gasteiger partial charge on any atom is -0.307 e. The lowest BCUT2D eigenvalue weighted by Crippen LogP contribution is -2.30. The molecule has 1 aliphatic heterocycles. The van der Waals surface area contributed by atoms with Gasteiger partial charge in [0.1, 0.15) is 6.07 Å². The Balaban J connectivity index is 1.41. The molecule has 0 spiro atoms. The van der Waals surface area contributed by atoms with E-state index >= 15 is 0 Å². The zero-order valence-corrected chi connectivity index (χ0v) is 23.4. The average molecular weight is 566 g/mol. The number of hydrogen-bond donors (Lipinski definition) is 0. The van der Waals surface area contributed by atoms with Gasteiger partial charge >= 0.3 is 0 Å². The summed E-state index contributed by atoms with van der Waals surface area (Å²) in [6.45, 7) is 0. The number of imide groups is 1. The summed E-state index contributed by atoms with van der Waals surface area (Å²) in [6.07, 6.45) is 0. The van der Waals surface area contributed by atoms with E-state index in [0.29, 0.717) is 33.6 Å². The third-order valence-electron chi connectivity index (χ3n) is 8.38. The fourth-order valence-corrected chi connectivity index (χ4v) is 6.50. The molecule has 1 aromatic heterocycles. The van der Waals surface area contributed by atoms with Crippen molar-refractivity contribution in [2.45, 2.75) is 0 Å². The molecule has 5 heteroatoms. The molecular formula is C39H23N3O2. The highest BCUT2D eigenvalue weighted by atomic mass is 16.2. The quantitative estimate of drug-likeness (QED) is 0.200. The Bertz CT molecular complexity index is 2270. The summed E-state index contributed by atoms with van der Waals surface area (Å²) in [4.78, 5) is 30.5. The lowest BCUT2D eigenvalue weighted by molar-refractivity contribution is 0.0926. The Morgan fingerprint density at radius 2 is 1.09 bits per heavy atom. The Kier molecular flexibility index (Phi) is 5.75. The first-order valence-electron chi connectivity index (χ1n) is 14.4. The largest absolute Gasteiger partial charge is 0.307 e. The molecule has 7 aromatic rings. The van der Waals surface area contributed by atoms with Crippen molar-refractivity contribution in [3.05, 3.63) is 156 Å². The minimum absolute atomic E-state index is 0.315. The molecule has 0 unspecified atom stereocenters. The topological polar surface area (TPSA) is 66.1 Å². The molecule has 5 nitrogen and oxygen atoms in total. The van der Waals surface area contributed by atoms with Crippen LogP contribution in [0, 0.1) is 11.3 Å². The van der Waals surface area contributed by atoms with Crippen LogP contribution < -0.4 is 4.90 Å². The third kappa shape index (κ3) is 3.65. The Hall–Kier alpha value is -6.25. The Labute approximate surface area is 253 Å². The van der Waals surface area contributed by atoms with Gasteiger partial charge in [-0.25, -0.2) is 4.90 Å². The van der Waals surface area contributed by atoms with Crippen molar-refractivity contribution in [3.63, 3.8) is 0 Å². The van der Waals surface area contributed by atoms with E-state index in [-0.39, 0.29) is 5.91 Å². The monoisotopic (exact) mass is 565 g/mol.